The van der Waals surface area contributed by atoms with Gasteiger partial charge in [0.2, 0.25) is 5.95 Å². The Bertz CT molecular complexity index is 1050. The van der Waals surface area contributed by atoms with Crippen molar-refractivity contribution in [1.82, 2.24) is 9.97 Å². The number of fused-ring (bicyclic) bond motifs is 1. The zero-order chi connectivity index (χ0) is 22.6. The van der Waals surface area contributed by atoms with Crippen LogP contribution in [0.1, 0.15) is 39.7 Å². The highest BCUT2D eigenvalue weighted by Crippen LogP contribution is 2.48. The molecule has 2 aliphatic heterocycles. The molecule has 0 bridgehead atoms. The summed E-state index contributed by atoms with van der Waals surface area (Å²) < 4.78 is 5.27. The van der Waals surface area contributed by atoms with E-state index in [1.165, 1.54) is 6.20 Å². The lowest BCUT2D eigenvalue weighted by Crippen LogP contribution is -2.42. The van der Waals surface area contributed by atoms with E-state index >= 15 is 0 Å². The predicted molar refractivity (Wildman–Crippen MR) is 123 cm³/mol. The minimum atomic E-state index is -1.08. The average Bonchev–Trinajstić information content (AvgIpc) is 2.97. The summed E-state index contributed by atoms with van der Waals surface area (Å²) in [7, 11) is 0. The second-order valence-electron chi connectivity index (χ2n) is 9.07. The number of benzene rings is 1. The number of ether oxygens (including phenoxy) is 1. The molecule has 0 unspecified atom stereocenters. The average molecular weight is 465 g/mol. The first kappa shape index (κ1) is 22.4. The zero-order valence-corrected chi connectivity index (χ0v) is 19.4. The highest BCUT2D eigenvalue weighted by atomic mass is 35.5. The maximum absolute atomic E-state index is 10.6. The number of rotatable bonds is 4. The number of aliphatic imine (C=N–C) groups is 1. The van der Waals surface area contributed by atoms with Crippen LogP contribution in [0.3, 0.4) is 0 Å². The van der Waals surface area contributed by atoms with E-state index in [0.29, 0.717) is 46.1 Å². The van der Waals surface area contributed by atoms with Gasteiger partial charge in [-0.05, 0) is 38.0 Å². The summed E-state index contributed by atoms with van der Waals surface area (Å²) in [6, 6.07) is 3.53. The normalized spacial score (nSPS) is 22.8. The molecule has 4 rings (SSSR count). The highest BCUT2D eigenvalue weighted by Gasteiger charge is 2.43. The number of halogens is 2. The lowest BCUT2D eigenvalue weighted by Gasteiger charge is -2.30. The number of hydrogen-bond acceptors (Lipinski definition) is 7. The van der Waals surface area contributed by atoms with Gasteiger partial charge in [0.05, 0.1) is 57.7 Å². The zero-order valence-electron chi connectivity index (χ0n) is 17.9. The van der Waals surface area contributed by atoms with Crippen LogP contribution in [0.5, 0.6) is 0 Å². The third-order valence-electron chi connectivity index (χ3n) is 5.79. The van der Waals surface area contributed by atoms with E-state index in [2.05, 4.69) is 20.3 Å². The molecule has 31 heavy (non-hydrogen) atoms. The van der Waals surface area contributed by atoms with Crippen LogP contribution in [-0.4, -0.2) is 56.9 Å². The summed E-state index contributed by atoms with van der Waals surface area (Å²) in [4.78, 5) is 13.5. The number of anilines is 1. The van der Waals surface area contributed by atoms with Gasteiger partial charge in [-0.3, -0.25) is 4.99 Å². The van der Waals surface area contributed by atoms with E-state index in [-0.39, 0.29) is 12.6 Å². The van der Waals surface area contributed by atoms with E-state index in [4.69, 9.17) is 27.9 Å². The van der Waals surface area contributed by atoms with E-state index < -0.39 is 17.1 Å². The summed E-state index contributed by atoms with van der Waals surface area (Å²) in [6.45, 7) is 8.30. The van der Waals surface area contributed by atoms with Gasteiger partial charge >= 0.3 is 0 Å². The van der Waals surface area contributed by atoms with Gasteiger partial charge in [-0.25, -0.2) is 9.97 Å². The molecule has 2 aromatic rings. The van der Waals surface area contributed by atoms with Crippen molar-refractivity contribution in [3.8, 4) is 11.3 Å². The Kier molecular flexibility index (Phi) is 5.77. The molecule has 3 heterocycles. The minimum Gasteiger partial charge on any atom is -0.389 e. The molecule has 2 atom stereocenters. The quantitative estimate of drug-likeness (QED) is 0.628. The summed E-state index contributed by atoms with van der Waals surface area (Å²) in [6.07, 6.45) is 1.55. The maximum Gasteiger partial charge on any atom is 0.223 e. The van der Waals surface area contributed by atoms with Crippen molar-refractivity contribution in [2.75, 3.05) is 18.5 Å². The largest absolute Gasteiger partial charge is 0.389 e. The fraction of sp³-hybridized carbons (Fsp3) is 0.500. The smallest absolute Gasteiger partial charge is 0.223 e. The van der Waals surface area contributed by atoms with Gasteiger partial charge in [0.25, 0.3) is 0 Å². The molecule has 1 fully saturated rings. The van der Waals surface area contributed by atoms with Crippen molar-refractivity contribution in [1.29, 1.82) is 0 Å². The van der Waals surface area contributed by atoms with Gasteiger partial charge in [0, 0.05) is 17.6 Å². The number of aliphatic hydroxyl groups is 2. The monoisotopic (exact) mass is 464 g/mol. The Morgan fingerprint density at radius 1 is 1.23 bits per heavy atom. The van der Waals surface area contributed by atoms with Crippen LogP contribution in [0.4, 0.5) is 11.6 Å². The third kappa shape index (κ3) is 4.17. The van der Waals surface area contributed by atoms with Gasteiger partial charge in [-0.2, -0.15) is 0 Å². The van der Waals surface area contributed by atoms with Crippen molar-refractivity contribution in [2.24, 2.45) is 4.99 Å². The number of aromatic nitrogens is 2. The van der Waals surface area contributed by atoms with E-state index in [0.717, 1.165) is 11.1 Å². The van der Waals surface area contributed by atoms with E-state index in [9.17, 15) is 10.2 Å². The molecule has 0 radical (unpaired) electrons. The van der Waals surface area contributed by atoms with Crippen LogP contribution >= 0.6 is 23.2 Å². The van der Waals surface area contributed by atoms with Crippen LogP contribution in [0.2, 0.25) is 10.0 Å². The fourth-order valence-electron chi connectivity index (χ4n) is 4.30. The van der Waals surface area contributed by atoms with Gasteiger partial charge in [0.15, 0.2) is 0 Å². The lowest BCUT2D eigenvalue weighted by molar-refractivity contribution is -0.0136. The summed E-state index contributed by atoms with van der Waals surface area (Å²) in [5, 5.41) is 24.8. The molecule has 7 nitrogen and oxygen atoms in total. The molecule has 3 N–H and O–H groups in total. The number of nitrogens with one attached hydrogen (secondary N) is 1. The fourth-order valence-corrected chi connectivity index (χ4v) is 4.76. The standard InChI is InChI=1S/C22H26Cl2N4O3/c1-21(2)12-7-11(8-13(23)18(12)27-19(21)22(3,4)30)17-14(24)9-25-20(28-17)26-15-5-6-31-10-16(15)29/h7-9,15-16,29-30H,5-6,10H2,1-4H3,(H,25,26,28)/t15-,16-/m1/s1. The Morgan fingerprint density at radius 3 is 2.65 bits per heavy atom. The lowest BCUT2D eigenvalue weighted by atomic mass is 9.75. The molecule has 0 saturated carbocycles. The van der Waals surface area contributed by atoms with E-state index in [1.807, 2.05) is 19.9 Å². The SMILES string of the molecule is CC(C)(O)C1=Nc2c(Cl)cc(-c3nc(N[C@@H]4CCOC[C@H]4O)ncc3Cl)cc2C1(C)C. The molecular formula is C22H26Cl2N4O3. The topological polar surface area (TPSA) is 99.9 Å². The maximum atomic E-state index is 10.6. The second kappa shape index (κ2) is 7.98. The van der Waals surface area contributed by atoms with Crippen molar-refractivity contribution in [3.05, 3.63) is 33.9 Å². The Hall–Kier alpha value is -1.77. The summed E-state index contributed by atoms with van der Waals surface area (Å²) >= 11 is 13.0. The Labute approximate surface area is 191 Å². The van der Waals surface area contributed by atoms with Gasteiger partial charge in [0.1, 0.15) is 0 Å². The first-order chi connectivity index (χ1) is 14.5. The molecular weight excluding hydrogens is 439 g/mol. The predicted octanol–water partition coefficient (Wildman–Crippen LogP) is 4.15. The van der Waals surface area contributed by atoms with Crippen molar-refractivity contribution in [2.45, 2.75) is 57.3 Å². The van der Waals surface area contributed by atoms with Crippen LogP contribution in [-0.2, 0) is 10.2 Å². The van der Waals surface area contributed by atoms with Gasteiger partial charge in [-0.1, -0.05) is 37.0 Å². The van der Waals surface area contributed by atoms with Crippen molar-refractivity contribution in [3.63, 3.8) is 0 Å². The summed E-state index contributed by atoms with van der Waals surface area (Å²) in [5.41, 5.74) is 1.86. The number of nitrogens with zero attached hydrogens (tertiary/aromatic N) is 3. The van der Waals surface area contributed by atoms with Crippen LogP contribution in [0.25, 0.3) is 11.3 Å². The first-order valence-electron chi connectivity index (χ1n) is 10.2. The van der Waals surface area contributed by atoms with Gasteiger partial charge in [-0.15, -0.1) is 0 Å². The molecule has 0 amide bonds. The number of aliphatic hydroxyl groups excluding tert-OH is 1. The Morgan fingerprint density at radius 2 is 1.97 bits per heavy atom. The molecule has 2 aliphatic rings. The van der Waals surface area contributed by atoms with Crippen LogP contribution in [0, 0.1) is 0 Å². The minimum absolute atomic E-state index is 0.201. The third-order valence-corrected chi connectivity index (χ3v) is 6.35. The second-order valence-corrected chi connectivity index (χ2v) is 9.88. The molecule has 0 aliphatic carbocycles. The van der Waals surface area contributed by atoms with Crippen molar-refractivity contribution >= 4 is 40.5 Å². The molecule has 9 heteroatoms. The van der Waals surface area contributed by atoms with Gasteiger partial charge < -0.3 is 20.3 Å². The number of hydrogen-bond donors (Lipinski definition) is 3. The van der Waals surface area contributed by atoms with Crippen molar-refractivity contribution < 1.29 is 14.9 Å². The van der Waals surface area contributed by atoms with Crippen LogP contribution in [0.15, 0.2) is 23.3 Å². The highest BCUT2D eigenvalue weighted by molar-refractivity contribution is 6.35. The Balaban J connectivity index is 1.72. The first-order valence-corrected chi connectivity index (χ1v) is 11.0. The molecule has 1 saturated heterocycles. The summed E-state index contributed by atoms with van der Waals surface area (Å²) in [5.74, 6) is 0.370. The van der Waals surface area contributed by atoms with Crippen LogP contribution < -0.4 is 5.32 Å². The molecule has 1 aromatic carbocycles. The molecule has 1 aromatic heterocycles. The molecule has 0 spiro atoms. The molecule has 166 valence electrons. The van der Waals surface area contributed by atoms with E-state index in [1.54, 1.807) is 19.9 Å².